The molecule has 0 atom stereocenters. The van der Waals surface area contributed by atoms with E-state index in [0.717, 1.165) is 17.3 Å². The number of aromatic nitrogens is 1. The maximum Gasteiger partial charge on any atom is 0.417 e. The highest BCUT2D eigenvalue weighted by atomic mass is 35.5. The highest BCUT2D eigenvalue weighted by Gasteiger charge is 2.34. The molecule has 6 nitrogen and oxygen atoms in total. The van der Waals surface area contributed by atoms with Crippen LogP contribution in [0, 0.1) is 0 Å². The van der Waals surface area contributed by atoms with Gasteiger partial charge in [0.1, 0.15) is 0 Å². The number of hydrogen-bond acceptors (Lipinski definition) is 4. The van der Waals surface area contributed by atoms with E-state index in [1.807, 2.05) is 11.0 Å². The number of anilines is 1. The van der Waals surface area contributed by atoms with Gasteiger partial charge in [-0.25, -0.2) is 0 Å². The molecule has 0 unspecified atom stereocenters. The molecule has 0 radical (unpaired) electrons. The van der Waals surface area contributed by atoms with E-state index in [0.29, 0.717) is 38.2 Å². The summed E-state index contributed by atoms with van der Waals surface area (Å²) in [5.74, 6) is -0.203. The Labute approximate surface area is 194 Å². The molecular formula is C23H22ClF3N4O2. The van der Waals surface area contributed by atoms with Crippen molar-refractivity contribution in [3.05, 3.63) is 65.0 Å². The van der Waals surface area contributed by atoms with Gasteiger partial charge in [-0.15, -0.1) is 0 Å². The molecule has 0 N–H and O–H groups in total. The summed E-state index contributed by atoms with van der Waals surface area (Å²) in [6, 6.07) is 7.46. The number of amides is 2. The van der Waals surface area contributed by atoms with Crippen LogP contribution in [0.4, 0.5) is 18.9 Å². The van der Waals surface area contributed by atoms with Gasteiger partial charge in [0.2, 0.25) is 11.8 Å². The van der Waals surface area contributed by atoms with Gasteiger partial charge in [-0.3, -0.25) is 19.5 Å². The molecule has 10 heteroatoms. The Balaban J connectivity index is 1.34. The number of carbonyl (C=O) groups excluding carboxylic acids is 2. The van der Waals surface area contributed by atoms with Crippen molar-refractivity contribution in [3.8, 4) is 0 Å². The van der Waals surface area contributed by atoms with Crippen LogP contribution < -0.4 is 4.90 Å². The van der Waals surface area contributed by atoms with Crippen molar-refractivity contribution in [3.63, 3.8) is 0 Å². The number of rotatable bonds is 4. The maximum atomic E-state index is 13.1. The first-order valence-electron chi connectivity index (χ1n) is 10.5. The molecule has 0 aliphatic carbocycles. The predicted octanol–water partition coefficient (Wildman–Crippen LogP) is 3.72. The van der Waals surface area contributed by atoms with E-state index >= 15 is 0 Å². The molecule has 174 valence electrons. The lowest BCUT2D eigenvalue weighted by molar-refractivity contribution is -0.137. The number of benzene rings is 1. The Bertz CT molecular complexity index is 1080. The molecule has 0 bridgehead atoms. The average Bonchev–Trinajstić information content (AvgIpc) is 2.79. The van der Waals surface area contributed by atoms with Crippen molar-refractivity contribution in [2.45, 2.75) is 12.6 Å². The standard InChI is InChI=1S/C23H22ClF3N4O2/c24-20-4-3-17(12-19(20)23(25,26)27)16-5-8-30(9-6-16)21(32)14-29-10-11-31(22(33)15-29)18-2-1-7-28-13-18/h1-5,7,12-13H,6,8-11,14-15H2. The summed E-state index contributed by atoms with van der Waals surface area (Å²) in [5.41, 5.74) is 1.08. The van der Waals surface area contributed by atoms with Crippen LogP contribution in [0.5, 0.6) is 0 Å². The Morgan fingerprint density at radius 1 is 1.15 bits per heavy atom. The fourth-order valence-electron chi connectivity index (χ4n) is 4.03. The zero-order valence-electron chi connectivity index (χ0n) is 17.7. The van der Waals surface area contributed by atoms with Gasteiger partial charge in [-0.1, -0.05) is 23.7 Å². The van der Waals surface area contributed by atoms with Crippen LogP contribution in [0.2, 0.25) is 5.02 Å². The Morgan fingerprint density at radius 2 is 1.97 bits per heavy atom. The van der Waals surface area contributed by atoms with Gasteiger partial charge in [0.15, 0.2) is 0 Å². The molecule has 2 amide bonds. The average molecular weight is 479 g/mol. The van der Waals surface area contributed by atoms with E-state index in [-0.39, 0.29) is 29.9 Å². The largest absolute Gasteiger partial charge is 0.417 e. The number of nitrogens with zero attached hydrogens (tertiary/aromatic N) is 4. The molecule has 0 saturated carbocycles. The van der Waals surface area contributed by atoms with E-state index in [4.69, 9.17) is 11.6 Å². The fourth-order valence-corrected chi connectivity index (χ4v) is 4.26. The van der Waals surface area contributed by atoms with Crippen LogP contribution in [-0.2, 0) is 15.8 Å². The molecule has 33 heavy (non-hydrogen) atoms. The third-order valence-electron chi connectivity index (χ3n) is 5.82. The monoisotopic (exact) mass is 478 g/mol. The van der Waals surface area contributed by atoms with Crippen LogP contribution in [0.3, 0.4) is 0 Å². The fraction of sp³-hybridized carbons (Fsp3) is 0.348. The summed E-state index contributed by atoms with van der Waals surface area (Å²) < 4.78 is 39.4. The molecule has 2 aromatic rings. The van der Waals surface area contributed by atoms with Crippen molar-refractivity contribution < 1.29 is 22.8 Å². The van der Waals surface area contributed by atoms with Crippen LogP contribution in [-0.4, -0.2) is 65.9 Å². The minimum atomic E-state index is -4.52. The van der Waals surface area contributed by atoms with E-state index in [1.54, 1.807) is 40.4 Å². The second kappa shape index (κ2) is 9.52. The quantitative estimate of drug-likeness (QED) is 0.672. The van der Waals surface area contributed by atoms with Gasteiger partial charge in [-0.05, 0) is 41.8 Å². The summed E-state index contributed by atoms with van der Waals surface area (Å²) in [6.45, 7) is 2.00. The predicted molar refractivity (Wildman–Crippen MR) is 119 cm³/mol. The van der Waals surface area contributed by atoms with Gasteiger partial charge in [0.25, 0.3) is 0 Å². The first-order chi connectivity index (χ1) is 15.7. The SMILES string of the molecule is O=C(CN1CCN(c2cccnc2)C(=O)C1)N1CC=C(c2ccc(Cl)c(C(F)(F)F)c2)CC1. The normalized spacial score (nSPS) is 17.8. The molecule has 1 fully saturated rings. The number of carbonyl (C=O) groups is 2. The minimum absolute atomic E-state index is 0.0916. The summed E-state index contributed by atoms with van der Waals surface area (Å²) >= 11 is 5.70. The number of halogens is 4. The van der Waals surface area contributed by atoms with Crippen molar-refractivity contribution in [2.24, 2.45) is 0 Å². The van der Waals surface area contributed by atoms with Crippen LogP contribution >= 0.6 is 11.6 Å². The topological polar surface area (TPSA) is 56.8 Å². The van der Waals surface area contributed by atoms with Gasteiger partial charge in [-0.2, -0.15) is 13.2 Å². The summed E-state index contributed by atoms with van der Waals surface area (Å²) in [6.07, 6.45) is 0.968. The van der Waals surface area contributed by atoms with E-state index in [9.17, 15) is 22.8 Å². The maximum absolute atomic E-state index is 13.1. The van der Waals surface area contributed by atoms with Gasteiger partial charge in [0, 0.05) is 32.4 Å². The lowest BCUT2D eigenvalue weighted by Crippen LogP contribution is -2.53. The first-order valence-corrected chi connectivity index (χ1v) is 10.9. The Hall–Kier alpha value is -2.91. The smallest absolute Gasteiger partial charge is 0.338 e. The molecular weight excluding hydrogens is 457 g/mol. The first kappa shape index (κ1) is 23.3. The van der Waals surface area contributed by atoms with E-state index in [1.165, 1.54) is 6.07 Å². The summed E-state index contributed by atoms with van der Waals surface area (Å²) in [7, 11) is 0. The van der Waals surface area contributed by atoms with Crippen molar-refractivity contribution >= 4 is 34.7 Å². The van der Waals surface area contributed by atoms with E-state index in [2.05, 4.69) is 4.98 Å². The molecule has 3 heterocycles. The summed E-state index contributed by atoms with van der Waals surface area (Å²) in [4.78, 5) is 34.4. The highest BCUT2D eigenvalue weighted by Crippen LogP contribution is 2.37. The molecule has 1 saturated heterocycles. The second-order valence-corrected chi connectivity index (χ2v) is 8.39. The minimum Gasteiger partial charge on any atom is -0.338 e. The Kier molecular flexibility index (Phi) is 6.71. The number of pyridine rings is 1. The van der Waals surface area contributed by atoms with Crippen LogP contribution in [0.1, 0.15) is 17.5 Å². The number of alkyl halides is 3. The molecule has 2 aliphatic heterocycles. The third kappa shape index (κ3) is 5.36. The van der Waals surface area contributed by atoms with Gasteiger partial charge < -0.3 is 9.80 Å². The molecule has 1 aromatic heterocycles. The second-order valence-electron chi connectivity index (χ2n) is 7.98. The number of piperazine rings is 1. The third-order valence-corrected chi connectivity index (χ3v) is 6.15. The summed E-state index contributed by atoms with van der Waals surface area (Å²) in [5, 5.41) is -0.336. The van der Waals surface area contributed by atoms with Crippen LogP contribution in [0.15, 0.2) is 48.8 Å². The highest BCUT2D eigenvalue weighted by molar-refractivity contribution is 6.31. The van der Waals surface area contributed by atoms with Crippen molar-refractivity contribution in [1.82, 2.24) is 14.8 Å². The molecule has 2 aliphatic rings. The van der Waals surface area contributed by atoms with Crippen molar-refractivity contribution in [1.29, 1.82) is 0 Å². The lowest BCUT2D eigenvalue weighted by atomic mass is 9.97. The van der Waals surface area contributed by atoms with Crippen LogP contribution in [0.25, 0.3) is 5.57 Å². The molecule has 4 rings (SSSR count). The number of hydrogen-bond donors (Lipinski definition) is 0. The van der Waals surface area contributed by atoms with Gasteiger partial charge >= 0.3 is 6.18 Å². The molecule has 0 spiro atoms. The molecule has 1 aromatic carbocycles. The lowest BCUT2D eigenvalue weighted by Gasteiger charge is -2.35. The zero-order valence-corrected chi connectivity index (χ0v) is 18.4. The zero-order chi connectivity index (χ0) is 23.6. The van der Waals surface area contributed by atoms with Crippen molar-refractivity contribution in [2.75, 3.05) is 44.2 Å². The van der Waals surface area contributed by atoms with E-state index < -0.39 is 11.7 Å². The van der Waals surface area contributed by atoms with Gasteiger partial charge in [0.05, 0.1) is 35.6 Å². The Morgan fingerprint density at radius 3 is 2.61 bits per heavy atom.